The molecule has 0 bridgehead atoms. The lowest BCUT2D eigenvalue weighted by Crippen LogP contribution is -2.30. The fraction of sp³-hybridized carbons (Fsp3) is 0.261. The first-order valence-corrected chi connectivity index (χ1v) is 10.6. The van der Waals surface area contributed by atoms with Crippen LogP contribution in [-0.4, -0.2) is 40.7 Å². The number of nitrogens with zero attached hydrogens (tertiary/aromatic N) is 6. The van der Waals surface area contributed by atoms with Crippen LogP contribution in [0.5, 0.6) is 11.6 Å². The van der Waals surface area contributed by atoms with Gasteiger partial charge < -0.3 is 14.0 Å². The smallest absolute Gasteiger partial charge is 0.421 e. The van der Waals surface area contributed by atoms with Crippen LogP contribution in [0, 0.1) is 17.0 Å². The van der Waals surface area contributed by atoms with E-state index in [0.717, 1.165) is 15.2 Å². The summed E-state index contributed by atoms with van der Waals surface area (Å²) in [6, 6.07) is 11.4. The summed E-state index contributed by atoms with van der Waals surface area (Å²) >= 11 is 0. The van der Waals surface area contributed by atoms with E-state index < -0.39 is 27.9 Å². The Labute approximate surface area is 198 Å². The minimum absolute atomic E-state index is 0.0645. The highest BCUT2D eigenvalue weighted by Crippen LogP contribution is 2.28. The number of aromatic nitrogens is 5. The molecule has 0 unspecified atom stereocenters. The zero-order valence-electron chi connectivity index (χ0n) is 19.5. The van der Waals surface area contributed by atoms with Gasteiger partial charge in [0.1, 0.15) is 23.0 Å². The molecule has 0 fully saturated rings. The zero-order valence-corrected chi connectivity index (χ0v) is 19.5. The van der Waals surface area contributed by atoms with Gasteiger partial charge in [-0.2, -0.15) is 4.98 Å². The maximum absolute atomic E-state index is 13.2. The SMILES string of the molecule is Cc1nc(Oc2ccccc2)c2nc(Cn3cccc([N+](=O)[O-])c3=O)n(C(=O)OC(C)(C)C)c2n1. The molecule has 12 nitrogen and oxygen atoms in total. The minimum Gasteiger partial charge on any atom is -0.443 e. The first kappa shape index (κ1) is 23.5. The second-order valence-electron chi connectivity index (χ2n) is 8.59. The molecule has 4 aromatic rings. The highest BCUT2D eigenvalue weighted by Gasteiger charge is 2.27. The van der Waals surface area contributed by atoms with E-state index in [1.54, 1.807) is 52.0 Å². The number of aryl methyl sites for hydroxylation is 1. The summed E-state index contributed by atoms with van der Waals surface area (Å²) in [4.78, 5) is 49.5. The standard InChI is InChI=1S/C23H22N6O6/c1-14-24-19-18(20(25-14)34-15-9-6-5-7-10-15)26-17(28(19)22(31)35-23(2,3)4)13-27-12-8-11-16(21(27)30)29(32)33/h5-12H,13H2,1-4H3. The second-order valence-corrected chi connectivity index (χ2v) is 8.59. The Morgan fingerprint density at radius 1 is 1.09 bits per heavy atom. The lowest BCUT2D eigenvalue weighted by atomic mass is 10.2. The number of imidazole rings is 1. The van der Waals surface area contributed by atoms with Crippen molar-refractivity contribution in [2.24, 2.45) is 0 Å². The monoisotopic (exact) mass is 478 g/mol. The van der Waals surface area contributed by atoms with E-state index in [9.17, 15) is 19.7 Å². The Morgan fingerprint density at radius 2 is 1.80 bits per heavy atom. The molecule has 0 aliphatic heterocycles. The van der Waals surface area contributed by atoms with Crippen LogP contribution in [-0.2, 0) is 11.3 Å². The maximum Gasteiger partial charge on any atom is 0.421 e. The summed E-state index contributed by atoms with van der Waals surface area (Å²) in [5.41, 5.74) is -2.00. The maximum atomic E-state index is 13.2. The van der Waals surface area contributed by atoms with E-state index in [2.05, 4.69) is 15.0 Å². The van der Waals surface area contributed by atoms with Crippen molar-refractivity contribution in [3.8, 4) is 11.6 Å². The molecule has 3 heterocycles. The van der Waals surface area contributed by atoms with Crippen LogP contribution in [0.1, 0.15) is 32.4 Å². The van der Waals surface area contributed by atoms with Gasteiger partial charge in [0.15, 0.2) is 11.2 Å². The molecular weight excluding hydrogens is 456 g/mol. The van der Waals surface area contributed by atoms with Crippen LogP contribution in [0.15, 0.2) is 53.5 Å². The molecule has 3 aromatic heterocycles. The van der Waals surface area contributed by atoms with Crippen molar-refractivity contribution in [3.63, 3.8) is 0 Å². The minimum atomic E-state index is -0.844. The van der Waals surface area contributed by atoms with Crippen LogP contribution < -0.4 is 10.3 Å². The summed E-state index contributed by atoms with van der Waals surface area (Å²) in [7, 11) is 0. The van der Waals surface area contributed by atoms with Gasteiger partial charge in [-0.25, -0.2) is 19.3 Å². The predicted molar refractivity (Wildman–Crippen MR) is 125 cm³/mol. The highest BCUT2D eigenvalue weighted by atomic mass is 16.6. The molecule has 35 heavy (non-hydrogen) atoms. The van der Waals surface area contributed by atoms with Crippen LogP contribution >= 0.6 is 0 Å². The Bertz CT molecular complexity index is 1490. The van der Waals surface area contributed by atoms with Gasteiger partial charge in [-0.3, -0.25) is 14.9 Å². The first-order chi connectivity index (χ1) is 16.5. The summed E-state index contributed by atoms with van der Waals surface area (Å²) in [5.74, 6) is 0.977. The molecular formula is C23H22N6O6. The number of nitro groups is 1. The molecule has 4 rings (SSSR count). The second kappa shape index (κ2) is 8.97. The van der Waals surface area contributed by atoms with Gasteiger partial charge in [0.2, 0.25) is 0 Å². The van der Waals surface area contributed by atoms with E-state index >= 15 is 0 Å². The Balaban J connectivity index is 1.90. The number of ether oxygens (including phenoxy) is 2. The van der Waals surface area contributed by atoms with Crippen molar-refractivity contribution < 1.29 is 19.2 Å². The van der Waals surface area contributed by atoms with Crippen molar-refractivity contribution >= 4 is 22.9 Å². The average Bonchev–Trinajstić information content (AvgIpc) is 3.12. The first-order valence-electron chi connectivity index (χ1n) is 10.6. The van der Waals surface area contributed by atoms with Crippen molar-refractivity contribution in [2.75, 3.05) is 0 Å². The van der Waals surface area contributed by atoms with Crippen LogP contribution in [0.25, 0.3) is 11.2 Å². The molecule has 0 N–H and O–H groups in total. The summed E-state index contributed by atoms with van der Waals surface area (Å²) in [5, 5.41) is 11.2. The fourth-order valence-corrected chi connectivity index (χ4v) is 3.30. The third-order valence-corrected chi connectivity index (χ3v) is 4.70. The molecule has 0 aliphatic rings. The van der Waals surface area contributed by atoms with Gasteiger partial charge in [-0.15, -0.1) is 0 Å². The number of hydrogen-bond donors (Lipinski definition) is 0. The lowest BCUT2D eigenvalue weighted by molar-refractivity contribution is -0.386. The van der Waals surface area contributed by atoms with Gasteiger partial charge in [0.05, 0.1) is 11.5 Å². The molecule has 0 radical (unpaired) electrons. The largest absolute Gasteiger partial charge is 0.443 e. The van der Waals surface area contributed by atoms with E-state index in [0.29, 0.717) is 11.6 Å². The molecule has 0 spiro atoms. The van der Waals surface area contributed by atoms with E-state index in [4.69, 9.17) is 9.47 Å². The Morgan fingerprint density at radius 3 is 2.46 bits per heavy atom. The van der Waals surface area contributed by atoms with Crippen molar-refractivity contribution in [1.82, 2.24) is 24.1 Å². The van der Waals surface area contributed by atoms with Crippen LogP contribution in [0.2, 0.25) is 0 Å². The van der Waals surface area contributed by atoms with Gasteiger partial charge in [-0.1, -0.05) is 18.2 Å². The van der Waals surface area contributed by atoms with Gasteiger partial charge in [0, 0.05) is 12.3 Å². The summed E-state index contributed by atoms with van der Waals surface area (Å²) < 4.78 is 13.7. The van der Waals surface area contributed by atoms with Crippen LogP contribution in [0.4, 0.5) is 10.5 Å². The van der Waals surface area contributed by atoms with Gasteiger partial charge in [-0.05, 0) is 45.9 Å². The zero-order chi connectivity index (χ0) is 25.3. The predicted octanol–water partition coefficient (Wildman–Crippen LogP) is 3.83. The number of hydrogen-bond acceptors (Lipinski definition) is 9. The number of para-hydroxylation sites is 1. The highest BCUT2D eigenvalue weighted by molar-refractivity contribution is 5.87. The number of carbonyl (C=O) groups excluding carboxylic acids is 1. The van der Waals surface area contributed by atoms with Gasteiger partial charge in [0.25, 0.3) is 5.88 Å². The van der Waals surface area contributed by atoms with Crippen molar-refractivity contribution in [1.29, 1.82) is 0 Å². The fourth-order valence-electron chi connectivity index (χ4n) is 3.30. The third kappa shape index (κ3) is 5.00. The number of benzene rings is 1. The Kier molecular flexibility index (Phi) is 6.03. The molecule has 12 heteroatoms. The Hall–Kier alpha value is -4.61. The average molecular weight is 478 g/mol. The lowest BCUT2D eigenvalue weighted by Gasteiger charge is -2.20. The van der Waals surface area contributed by atoms with E-state index in [-0.39, 0.29) is 29.4 Å². The molecule has 0 aliphatic carbocycles. The van der Waals surface area contributed by atoms with E-state index in [1.165, 1.54) is 12.3 Å². The number of rotatable bonds is 5. The van der Waals surface area contributed by atoms with Gasteiger partial charge >= 0.3 is 17.3 Å². The van der Waals surface area contributed by atoms with Crippen molar-refractivity contribution in [2.45, 2.75) is 39.8 Å². The van der Waals surface area contributed by atoms with Crippen LogP contribution in [0.3, 0.4) is 0 Å². The van der Waals surface area contributed by atoms with Crippen molar-refractivity contribution in [3.05, 3.63) is 80.8 Å². The molecule has 0 saturated heterocycles. The molecule has 0 atom stereocenters. The molecule has 0 amide bonds. The molecule has 180 valence electrons. The summed E-state index contributed by atoms with van der Waals surface area (Å²) in [6.45, 7) is 6.49. The number of pyridine rings is 1. The third-order valence-electron chi connectivity index (χ3n) is 4.70. The molecule has 1 aromatic carbocycles. The molecule has 0 saturated carbocycles. The number of carbonyl (C=O) groups is 1. The summed E-state index contributed by atoms with van der Waals surface area (Å²) in [6.07, 6.45) is 0.587. The number of fused-ring (bicyclic) bond motifs is 1. The topological polar surface area (TPSA) is 144 Å². The quantitative estimate of drug-likeness (QED) is 0.309. The van der Waals surface area contributed by atoms with E-state index in [1.807, 2.05) is 6.07 Å². The normalized spacial score (nSPS) is 11.4.